The van der Waals surface area contributed by atoms with E-state index in [1.807, 2.05) is 140 Å². The Hall–Kier alpha value is -3.91. The van der Waals surface area contributed by atoms with Crippen LogP contribution in [0.4, 0.5) is 0 Å². The number of benzene rings is 5. The van der Waals surface area contributed by atoms with Gasteiger partial charge in [-0.3, -0.25) is 0 Å². The van der Waals surface area contributed by atoms with Crippen LogP contribution in [0.2, 0.25) is 4.82 Å². The molecular weight excluding hydrogens is 679 g/mol. The summed E-state index contributed by atoms with van der Waals surface area (Å²) >= 11 is -0.223. The van der Waals surface area contributed by atoms with Crippen molar-refractivity contribution in [1.82, 2.24) is 0 Å². The summed E-state index contributed by atoms with van der Waals surface area (Å²) in [5.74, 6) is 0. The van der Waals surface area contributed by atoms with Crippen molar-refractivity contribution in [2.24, 2.45) is 0 Å². The van der Waals surface area contributed by atoms with E-state index in [1.165, 1.54) is 0 Å². The van der Waals surface area contributed by atoms with Crippen molar-refractivity contribution in [2.45, 2.75) is 61.8 Å². The van der Waals surface area contributed by atoms with E-state index in [1.54, 1.807) is 0 Å². The number of carbonyl (C=O) groups excluding carboxylic acids is 1. The summed E-state index contributed by atoms with van der Waals surface area (Å²) in [5.41, 5.74) is 4.16. The molecule has 7 heteroatoms. The molecule has 1 unspecified atom stereocenters. The van der Waals surface area contributed by atoms with E-state index in [-0.39, 0.29) is 21.6 Å². The van der Waals surface area contributed by atoms with Gasteiger partial charge in [0.1, 0.15) is 0 Å². The molecular formula is C42H42O6Se. The topological polar surface area (TPSA) is 63.2 Å². The van der Waals surface area contributed by atoms with E-state index < -0.39 is 35.3 Å². The molecule has 0 spiro atoms. The predicted octanol–water partition coefficient (Wildman–Crippen LogP) is 6.74. The van der Waals surface area contributed by atoms with E-state index >= 15 is 0 Å². The zero-order valence-electron chi connectivity index (χ0n) is 27.4. The Morgan fingerprint density at radius 2 is 0.939 bits per heavy atom. The Labute approximate surface area is 295 Å². The number of rotatable bonds is 17. The van der Waals surface area contributed by atoms with Crippen molar-refractivity contribution in [3.63, 3.8) is 0 Å². The first-order valence-corrected chi connectivity index (χ1v) is 18.5. The van der Waals surface area contributed by atoms with Gasteiger partial charge in [-0.2, -0.15) is 0 Å². The van der Waals surface area contributed by atoms with Gasteiger partial charge in [-0.25, -0.2) is 0 Å². The van der Waals surface area contributed by atoms with Crippen molar-refractivity contribution in [3.05, 3.63) is 174 Å². The van der Waals surface area contributed by atoms with Gasteiger partial charge < -0.3 is 0 Å². The second-order valence-corrected chi connectivity index (χ2v) is 14.6. The van der Waals surface area contributed by atoms with Crippen LogP contribution in [0, 0.1) is 0 Å². The maximum atomic E-state index is 13.0. The minimum atomic E-state index is -0.601. The standard InChI is InChI=1S/C42H42O6Se/c43-26-38(49-36-24-14-5-15-25-36)40-42(47-30-35-22-12-4-13-23-35)41(46-29-34-20-10-3-11-21-34)39(45-28-33-18-8-2-9-19-33)37(48-40)31-44-27-32-16-6-1-7-17-32/h1-26,37-42H,27-31H2/t37-,38?,39-,40-,41+,42+/m1/s1. The van der Waals surface area contributed by atoms with Crippen LogP contribution in [-0.4, -0.2) is 58.4 Å². The van der Waals surface area contributed by atoms with Gasteiger partial charge in [0.25, 0.3) is 0 Å². The number of aldehydes is 1. The van der Waals surface area contributed by atoms with Crippen LogP contribution in [0.5, 0.6) is 0 Å². The van der Waals surface area contributed by atoms with Gasteiger partial charge in [-0.05, 0) is 0 Å². The summed E-state index contributed by atoms with van der Waals surface area (Å²) in [6, 6.07) is 50.4. The quantitative estimate of drug-likeness (QED) is 0.0784. The van der Waals surface area contributed by atoms with E-state index in [0.717, 1.165) is 33.0 Å². The van der Waals surface area contributed by atoms with Gasteiger partial charge in [-0.15, -0.1) is 0 Å². The Balaban J connectivity index is 1.34. The molecule has 1 fully saturated rings. The molecule has 6 atom stereocenters. The second-order valence-electron chi connectivity index (χ2n) is 12.0. The van der Waals surface area contributed by atoms with Crippen molar-refractivity contribution >= 4 is 25.7 Å². The molecule has 0 aromatic heterocycles. The zero-order chi connectivity index (χ0) is 33.5. The van der Waals surface area contributed by atoms with Crippen LogP contribution < -0.4 is 4.46 Å². The molecule has 0 saturated carbocycles. The molecule has 5 aromatic carbocycles. The van der Waals surface area contributed by atoms with Gasteiger partial charge in [0, 0.05) is 0 Å². The molecule has 0 amide bonds. The van der Waals surface area contributed by atoms with Crippen molar-refractivity contribution < 1.29 is 28.5 Å². The third-order valence-corrected chi connectivity index (χ3v) is 10.9. The average molecular weight is 722 g/mol. The van der Waals surface area contributed by atoms with E-state index in [2.05, 4.69) is 12.1 Å². The predicted molar refractivity (Wildman–Crippen MR) is 191 cm³/mol. The molecule has 1 heterocycles. The van der Waals surface area contributed by atoms with E-state index in [0.29, 0.717) is 26.4 Å². The van der Waals surface area contributed by atoms with Crippen molar-refractivity contribution in [2.75, 3.05) is 6.61 Å². The number of carbonyl (C=O) groups is 1. The van der Waals surface area contributed by atoms with Crippen LogP contribution in [0.1, 0.15) is 22.3 Å². The third kappa shape index (κ3) is 10.3. The first-order chi connectivity index (χ1) is 24.3. The fourth-order valence-electron chi connectivity index (χ4n) is 5.92. The first-order valence-electron chi connectivity index (χ1n) is 16.7. The van der Waals surface area contributed by atoms with Crippen LogP contribution >= 0.6 is 0 Å². The van der Waals surface area contributed by atoms with Gasteiger partial charge >= 0.3 is 296 Å². The normalized spacial score (nSPS) is 21.2. The maximum absolute atomic E-state index is 13.0. The summed E-state index contributed by atoms with van der Waals surface area (Å²) in [6.07, 6.45) is -1.81. The van der Waals surface area contributed by atoms with Gasteiger partial charge in [0.05, 0.1) is 0 Å². The minimum absolute atomic E-state index is 0.223. The Kier molecular flexibility index (Phi) is 13.4. The molecule has 0 N–H and O–H groups in total. The molecule has 5 aromatic rings. The average Bonchev–Trinajstić information content (AvgIpc) is 3.17. The van der Waals surface area contributed by atoms with Gasteiger partial charge in [0.15, 0.2) is 0 Å². The zero-order valence-corrected chi connectivity index (χ0v) is 29.1. The van der Waals surface area contributed by atoms with Crippen LogP contribution in [0.25, 0.3) is 0 Å². The molecule has 1 aliphatic rings. The molecule has 0 radical (unpaired) electrons. The van der Waals surface area contributed by atoms with Gasteiger partial charge in [-0.1, -0.05) is 0 Å². The molecule has 0 aliphatic carbocycles. The van der Waals surface area contributed by atoms with Gasteiger partial charge in [0.2, 0.25) is 0 Å². The van der Waals surface area contributed by atoms with Crippen molar-refractivity contribution in [3.8, 4) is 0 Å². The summed E-state index contributed by atoms with van der Waals surface area (Å²) in [6.45, 7) is 1.72. The Morgan fingerprint density at radius 3 is 1.41 bits per heavy atom. The van der Waals surface area contributed by atoms with E-state index in [4.69, 9.17) is 23.7 Å². The molecule has 0 bridgehead atoms. The molecule has 6 nitrogen and oxygen atoms in total. The molecule has 49 heavy (non-hydrogen) atoms. The van der Waals surface area contributed by atoms with Crippen molar-refractivity contribution in [1.29, 1.82) is 0 Å². The fourth-order valence-corrected chi connectivity index (χ4v) is 8.09. The summed E-state index contributed by atoms with van der Waals surface area (Å²) in [7, 11) is 0. The third-order valence-electron chi connectivity index (χ3n) is 8.39. The first kappa shape index (κ1) is 34.9. The molecule has 252 valence electrons. The number of hydrogen-bond acceptors (Lipinski definition) is 6. The summed E-state index contributed by atoms with van der Waals surface area (Å²) in [5, 5.41) is 0. The monoisotopic (exact) mass is 722 g/mol. The second kappa shape index (κ2) is 18.7. The SMILES string of the molecule is O=CC([Se]c1ccccc1)[C@H]1O[C@H](COCc2ccccc2)[C@@H](OCc2ccccc2)[C@H](OCc2ccccc2)[C@H]1OCc1ccccc1. The van der Waals surface area contributed by atoms with Crippen LogP contribution in [-0.2, 0) is 54.9 Å². The fraction of sp³-hybridized carbons (Fsp3) is 0.262. The van der Waals surface area contributed by atoms with Crippen LogP contribution in [0.3, 0.4) is 0 Å². The van der Waals surface area contributed by atoms with E-state index in [9.17, 15) is 4.79 Å². The Bertz CT molecular complexity index is 1640. The molecule has 1 saturated heterocycles. The van der Waals surface area contributed by atoms with Crippen LogP contribution in [0.15, 0.2) is 152 Å². The summed E-state index contributed by atoms with van der Waals surface area (Å²) < 4.78 is 34.8. The number of ether oxygens (including phenoxy) is 5. The summed E-state index contributed by atoms with van der Waals surface area (Å²) in [4.78, 5) is 12.5. The Morgan fingerprint density at radius 1 is 0.531 bits per heavy atom. The number of hydrogen-bond donors (Lipinski definition) is 0. The molecule has 1 aliphatic heterocycles. The molecule has 6 rings (SSSR count).